The summed E-state index contributed by atoms with van der Waals surface area (Å²) in [5, 5.41) is 3.19. The maximum absolute atomic E-state index is 5.56. The second-order valence-corrected chi connectivity index (χ2v) is 6.28. The second-order valence-electron chi connectivity index (χ2n) is 5.40. The van der Waals surface area contributed by atoms with Crippen molar-refractivity contribution < 1.29 is 4.42 Å². The van der Waals surface area contributed by atoms with Crippen molar-refractivity contribution in [1.29, 1.82) is 0 Å². The smallest absolute Gasteiger partial charge is 0.135 e. The van der Waals surface area contributed by atoms with Gasteiger partial charge in [0.1, 0.15) is 5.76 Å². The monoisotopic (exact) mass is 324 g/mol. The molecule has 0 aliphatic carbocycles. The molecule has 0 amide bonds. The quantitative estimate of drug-likeness (QED) is 0.619. The molecule has 0 saturated heterocycles. The Balaban J connectivity index is 1.85. The van der Waals surface area contributed by atoms with Gasteiger partial charge in [-0.3, -0.25) is 0 Å². The van der Waals surface area contributed by atoms with Crippen molar-refractivity contribution in [3.63, 3.8) is 0 Å². The zero-order valence-electron chi connectivity index (χ0n) is 13.3. The van der Waals surface area contributed by atoms with Crippen molar-refractivity contribution in [3.8, 4) is 11.3 Å². The first-order chi connectivity index (χ1) is 11.3. The summed E-state index contributed by atoms with van der Waals surface area (Å²) in [5.41, 5.74) is 4.61. The summed E-state index contributed by atoms with van der Waals surface area (Å²) >= 11 is 1.61. The molecule has 4 heteroatoms. The van der Waals surface area contributed by atoms with Crippen LogP contribution in [0, 0.1) is 6.92 Å². The van der Waals surface area contributed by atoms with E-state index in [2.05, 4.69) is 59.4 Å². The lowest BCUT2D eigenvalue weighted by atomic mass is 10.1. The fourth-order valence-corrected chi connectivity index (χ4v) is 3.03. The zero-order valence-corrected chi connectivity index (χ0v) is 14.1. The third kappa shape index (κ3) is 3.97. The van der Waals surface area contributed by atoms with E-state index in [0.717, 1.165) is 23.6 Å². The summed E-state index contributed by atoms with van der Waals surface area (Å²) in [7, 11) is 1.95. The van der Waals surface area contributed by atoms with Crippen LogP contribution in [0.25, 0.3) is 11.3 Å². The number of anilines is 1. The minimum atomic E-state index is 0.836. The lowest BCUT2D eigenvalue weighted by Gasteiger charge is -2.12. The Hall–Kier alpha value is -2.17. The molecule has 23 heavy (non-hydrogen) atoms. The Kier molecular flexibility index (Phi) is 5.05. The fourth-order valence-electron chi connectivity index (χ4n) is 2.36. The van der Waals surface area contributed by atoms with Gasteiger partial charge in [0.05, 0.1) is 12.0 Å². The predicted molar refractivity (Wildman–Crippen MR) is 97.6 cm³/mol. The van der Waals surface area contributed by atoms with Gasteiger partial charge in [0, 0.05) is 17.0 Å². The molecule has 0 unspecified atom stereocenters. The molecule has 0 fully saturated rings. The van der Waals surface area contributed by atoms with E-state index < -0.39 is 0 Å². The lowest BCUT2D eigenvalue weighted by Crippen LogP contribution is -2.05. The van der Waals surface area contributed by atoms with E-state index >= 15 is 0 Å². The Bertz CT molecular complexity index is 752. The van der Waals surface area contributed by atoms with Crippen LogP contribution in [0.4, 0.5) is 5.69 Å². The van der Waals surface area contributed by atoms with E-state index in [1.165, 1.54) is 16.0 Å². The van der Waals surface area contributed by atoms with Gasteiger partial charge in [-0.1, -0.05) is 23.8 Å². The third-order valence-electron chi connectivity index (χ3n) is 3.55. The largest absolute Gasteiger partial charge is 0.464 e. The van der Waals surface area contributed by atoms with E-state index in [1.54, 1.807) is 18.2 Å². The van der Waals surface area contributed by atoms with Crippen molar-refractivity contribution in [1.82, 2.24) is 5.32 Å². The number of furan rings is 1. The maximum Gasteiger partial charge on any atom is 0.135 e. The van der Waals surface area contributed by atoms with E-state index in [1.807, 2.05) is 19.2 Å². The number of rotatable bonds is 6. The normalized spacial score (nSPS) is 10.7. The molecule has 0 aliphatic heterocycles. The summed E-state index contributed by atoms with van der Waals surface area (Å²) in [4.78, 5) is 1.18. The number of nitrogens with one attached hydrogen (secondary N) is 2. The molecule has 0 atom stereocenters. The molecular formula is C19H20N2OS. The van der Waals surface area contributed by atoms with Crippen molar-refractivity contribution >= 4 is 17.6 Å². The van der Waals surface area contributed by atoms with Crippen LogP contribution in [0.5, 0.6) is 0 Å². The fraction of sp³-hybridized carbons (Fsp3) is 0.158. The topological polar surface area (TPSA) is 37.2 Å². The van der Waals surface area contributed by atoms with Gasteiger partial charge in [-0.15, -0.1) is 0 Å². The molecule has 1 aromatic heterocycles. The summed E-state index contributed by atoms with van der Waals surface area (Å²) in [6.45, 7) is 2.93. The Labute approximate surface area is 141 Å². The average Bonchev–Trinajstić information content (AvgIpc) is 3.09. The average molecular weight is 324 g/mol. The van der Waals surface area contributed by atoms with Gasteiger partial charge >= 0.3 is 0 Å². The Morgan fingerprint density at radius 2 is 1.87 bits per heavy atom. The Morgan fingerprint density at radius 1 is 1.04 bits per heavy atom. The number of aryl methyl sites for hydroxylation is 1. The summed E-state index contributed by atoms with van der Waals surface area (Å²) in [6, 6.07) is 18.8. The minimum absolute atomic E-state index is 0.836. The predicted octanol–water partition coefficient (Wildman–Crippen LogP) is 5.09. The highest BCUT2D eigenvalue weighted by Crippen LogP contribution is 2.32. The molecule has 2 N–H and O–H groups in total. The first kappa shape index (κ1) is 15.7. The molecule has 3 aromatic rings. The van der Waals surface area contributed by atoms with E-state index in [-0.39, 0.29) is 0 Å². The Morgan fingerprint density at radius 3 is 2.57 bits per heavy atom. The highest BCUT2D eigenvalue weighted by Gasteiger charge is 2.09. The molecule has 1 heterocycles. The SMILES string of the molecule is CNCc1ccc(-c2ccco2)c(NSc2ccc(C)cc2)c1. The van der Waals surface area contributed by atoms with E-state index in [4.69, 9.17) is 4.42 Å². The number of hydrogen-bond acceptors (Lipinski definition) is 4. The number of benzene rings is 2. The van der Waals surface area contributed by atoms with Gasteiger partial charge < -0.3 is 14.5 Å². The second kappa shape index (κ2) is 7.40. The molecule has 0 aliphatic rings. The lowest BCUT2D eigenvalue weighted by molar-refractivity contribution is 0.582. The van der Waals surface area contributed by atoms with Crippen molar-refractivity contribution in [2.24, 2.45) is 0 Å². The molecule has 0 spiro atoms. The van der Waals surface area contributed by atoms with Gasteiger partial charge in [-0.25, -0.2) is 0 Å². The van der Waals surface area contributed by atoms with Crippen molar-refractivity contribution in [3.05, 3.63) is 72.0 Å². The van der Waals surface area contributed by atoms with Gasteiger partial charge in [-0.2, -0.15) is 0 Å². The third-order valence-corrected chi connectivity index (χ3v) is 4.38. The van der Waals surface area contributed by atoms with Crippen molar-refractivity contribution in [2.45, 2.75) is 18.4 Å². The van der Waals surface area contributed by atoms with E-state index in [0.29, 0.717) is 0 Å². The van der Waals surface area contributed by atoms with Crippen LogP contribution in [-0.2, 0) is 6.54 Å². The molecule has 0 saturated carbocycles. The highest BCUT2D eigenvalue weighted by atomic mass is 32.2. The first-order valence-electron chi connectivity index (χ1n) is 7.57. The summed E-state index contributed by atoms with van der Waals surface area (Å²) < 4.78 is 9.03. The molecular weight excluding hydrogens is 304 g/mol. The van der Waals surface area contributed by atoms with Gasteiger partial charge in [0.15, 0.2) is 0 Å². The molecule has 118 valence electrons. The van der Waals surface area contributed by atoms with Crippen LogP contribution >= 0.6 is 11.9 Å². The molecule has 2 aromatic carbocycles. The summed E-state index contributed by atoms with van der Waals surface area (Å²) in [6.07, 6.45) is 1.70. The molecule has 3 rings (SSSR count). The summed E-state index contributed by atoms with van der Waals surface area (Å²) in [5.74, 6) is 0.869. The maximum atomic E-state index is 5.56. The van der Waals surface area contributed by atoms with Crippen LogP contribution in [0.1, 0.15) is 11.1 Å². The molecule has 0 bridgehead atoms. The first-order valence-corrected chi connectivity index (χ1v) is 8.39. The highest BCUT2D eigenvalue weighted by molar-refractivity contribution is 8.00. The zero-order chi connectivity index (χ0) is 16.1. The van der Waals surface area contributed by atoms with Gasteiger partial charge in [0.25, 0.3) is 0 Å². The van der Waals surface area contributed by atoms with Crippen LogP contribution in [0.3, 0.4) is 0 Å². The standard InChI is InChI=1S/C19H20N2OS/c1-14-5-8-16(9-6-14)23-21-18-12-15(13-20-2)7-10-17(18)19-4-3-11-22-19/h3-12,20-21H,13H2,1-2H3. The van der Waals surface area contributed by atoms with Crippen LogP contribution < -0.4 is 10.0 Å². The van der Waals surface area contributed by atoms with E-state index in [9.17, 15) is 0 Å². The van der Waals surface area contributed by atoms with Crippen LogP contribution in [0.2, 0.25) is 0 Å². The van der Waals surface area contributed by atoms with Crippen LogP contribution in [0.15, 0.2) is 70.2 Å². The molecule has 0 radical (unpaired) electrons. The minimum Gasteiger partial charge on any atom is -0.464 e. The van der Waals surface area contributed by atoms with Gasteiger partial charge in [0.2, 0.25) is 0 Å². The van der Waals surface area contributed by atoms with Crippen LogP contribution in [-0.4, -0.2) is 7.05 Å². The van der Waals surface area contributed by atoms with Crippen molar-refractivity contribution in [2.75, 3.05) is 11.8 Å². The molecule has 3 nitrogen and oxygen atoms in total. The van der Waals surface area contributed by atoms with Gasteiger partial charge in [-0.05, 0) is 67.9 Å². The number of hydrogen-bond donors (Lipinski definition) is 2.